The number of hydrogen-bond acceptors (Lipinski definition) is 5. The Labute approximate surface area is 177 Å². The van der Waals surface area contributed by atoms with Crippen LogP contribution in [0.5, 0.6) is 5.75 Å². The first-order chi connectivity index (χ1) is 14.3. The molecule has 0 amide bonds. The van der Waals surface area contributed by atoms with Crippen molar-refractivity contribution in [3.05, 3.63) is 72.3 Å². The fraction of sp³-hybridized carbons (Fsp3) is 0.304. The number of benzene rings is 2. The number of ether oxygens (including phenoxy) is 1. The molecule has 2 rings (SSSR count). The van der Waals surface area contributed by atoms with E-state index in [2.05, 4.69) is 66.4 Å². The van der Waals surface area contributed by atoms with Crippen molar-refractivity contribution in [2.75, 3.05) is 38.7 Å². The van der Waals surface area contributed by atoms with Gasteiger partial charge in [0.15, 0.2) is 0 Å². The van der Waals surface area contributed by atoms with Crippen LogP contribution >= 0.6 is 0 Å². The summed E-state index contributed by atoms with van der Waals surface area (Å²) in [4.78, 5) is 23.7. The first kappa shape index (κ1) is 24.7. The second-order valence-corrected chi connectivity index (χ2v) is 6.65. The quantitative estimate of drug-likeness (QED) is 0.576. The molecule has 0 aliphatic carbocycles. The van der Waals surface area contributed by atoms with Crippen molar-refractivity contribution >= 4 is 17.6 Å². The average molecular weight is 415 g/mol. The Morgan fingerprint density at radius 1 is 0.900 bits per heavy atom. The van der Waals surface area contributed by atoms with E-state index in [1.165, 1.54) is 11.3 Å². The van der Waals surface area contributed by atoms with Crippen LogP contribution in [0.15, 0.2) is 66.7 Å². The standard InChI is InChI=1S/C19H26N2O.C4H4O4/c1-4-22-19-12-10-18(11-13-19)21(15-14-20(2)3)16-17-8-6-5-7-9-17;5-3(6)1-2-4(7)8/h5-13H,4,14-16H2,1-3H3;1-2H,(H,5,6)(H,7,8)/b;2-1+. The van der Waals surface area contributed by atoms with Gasteiger partial charge in [-0.05, 0) is 50.8 Å². The van der Waals surface area contributed by atoms with Crippen molar-refractivity contribution in [1.29, 1.82) is 0 Å². The predicted octanol–water partition coefficient (Wildman–Crippen LogP) is 3.37. The largest absolute Gasteiger partial charge is 0.494 e. The molecule has 2 aromatic rings. The van der Waals surface area contributed by atoms with Crippen molar-refractivity contribution in [3.8, 4) is 5.75 Å². The number of carbonyl (C=O) groups is 2. The lowest BCUT2D eigenvalue weighted by Gasteiger charge is -2.27. The first-order valence-corrected chi connectivity index (χ1v) is 9.62. The Kier molecular flexibility index (Phi) is 11.4. The minimum atomic E-state index is -1.26. The van der Waals surface area contributed by atoms with Crippen LogP contribution in [0, 0.1) is 0 Å². The van der Waals surface area contributed by atoms with E-state index in [1.54, 1.807) is 0 Å². The van der Waals surface area contributed by atoms with Gasteiger partial charge in [0.05, 0.1) is 6.61 Å². The molecule has 0 fully saturated rings. The van der Waals surface area contributed by atoms with Crippen molar-refractivity contribution in [2.24, 2.45) is 0 Å². The van der Waals surface area contributed by atoms with E-state index in [4.69, 9.17) is 14.9 Å². The van der Waals surface area contributed by atoms with Crippen LogP contribution in [0.1, 0.15) is 12.5 Å². The third kappa shape index (κ3) is 10.9. The summed E-state index contributed by atoms with van der Waals surface area (Å²) < 4.78 is 5.53. The molecule has 2 aromatic carbocycles. The topological polar surface area (TPSA) is 90.3 Å². The van der Waals surface area contributed by atoms with Gasteiger partial charge in [-0.25, -0.2) is 9.59 Å². The molecule has 0 spiro atoms. The SMILES string of the molecule is CCOc1ccc(N(CCN(C)C)Cc2ccccc2)cc1.O=C(O)/C=C/C(=O)O. The molecule has 0 bridgehead atoms. The molecule has 0 unspecified atom stereocenters. The van der Waals surface area contributed by atoms with E-state index in [-0.39, 0.29) is 0 Å². The summed E-state index contributed by atoms with van der Waals surface area (Å²) >= 11 is 0. The van der Waals surface area contributed by atoms with Crippen LogP contribution in [0.3, 0.4) is 0 Å². The van der Waals surface area contributed by atoms with Gasteiger partial charge in [-0.15, -0.1) is 0 Å². The molecule has 0 atom stereocenters. The van der Waals surface area contributed by atoms with Gasteiger partial charge in [-0.1, -0.05) is 30.3 Å². The summed E-state index contributed by atoms with van der Waals surface area (Å²) in [5.74, 6) is -1.58. The first-order valence-electron chi connectivity index (χ1n) is 9.62. The highest BCUT2D eigenvalue weighted by Gasteiger charge is 2.08. The molecule has 2 N–H and O–H groups in total. The van der Waals surface area contributed by atoms with Gasteiger partial charge in [0.25, 0.3) is 0 Å². The number of nitrogens with zero attached hydrogens (tertiary/aromatic N) is 2. The number of carboxylic acid groups (broad SMARTS) is 2. The van der Waals surface area contributed by atoms with Crippen LogP contribution < -0.4 is 9.64 Å². The molecule has 7 heteroatoms. The zero-order valence-electron chi connectivity index (χ0n) is 17.7. The molecule has 0 saturated carbocycles. The monoisotopic (exact) mass is 414 g/mol. The van der Waals surface area contributed by atoms with E-state index in [0.717, 1.165) is 25.4 Å². The van der Waals surface area contributed by atoms with E-state index in [1.807, 2.05) is 19.1 Å². The lowest BCUT2D eigenvalue weighted by Crippen LogP contribution is -2.31. The minimum absolute atomic E-state index is 0.558. The highest BCUT2D eigenvalue weighted by Crippen LogP contribution is 2.21. The Morgan fingerprint density at radius 2 is 1.47 bits per heavy atom. The fourth-order valence-electron chi connectivity index (χ4n) is 2.49. The van der Waals surface area contributed by atoms with Gasteiger partial charge < -0.3 is 24.7 Å². The molecule has 0 radical (unpaired) electrons. The minimum Gasteiger partial charge on any atom is -0.494 e. The molecular weight excluding hydrogens is 384 g/mol. The molecular formula is C23H30N2O5. The van der Waals surface area contributed by atoms with Crippen molar-refractivity contribution in [3.63, 3.8) is 0 Å². The van der Waals surface area contributed by atoms with Crippen LogP contribution in [-0.4, -0.2) is 60.8 Å². The molecule has 7 nitrogen and oxygen atoms in total. The maximum atomic E-state index is 9.55. The van der Waals surface area contributed by atoms with Gasteiger partial charge in [0, 0.05) is 37.5 Å². The summed E-state index contributed by atoms with van der Waals surface area (Å²) in [7, 11) is 4.22. The summed E-state index contributed by atoms with van der Waals surface area (Å²) in [6, 6.07) is 19.0. The molecule has 162 valence electrons. The summed E-state index contributed by atoms with van der Waals surface area (Å²) in [5, 5.41) is 15.6. The molecule has 0 aliphatic rings. The molecule has 0 aromatic heterocycles. The summed E-state index contributed by atoms with van der Waals surface area (Å²) in [5.41, 5.74) is 2.56. The maximum Gasteiger partial charge on any atom is 0.328 e. The third-order valence-electron chi connectivity index (χ3n) is 3.91. The highest BCUT2D eigenvalue weighted by molar-refractivity contribution is 5.89. The van der Waals surface area contributed by atoms with Gasteiger partial charge in [-0.3, -0.25) is 0 Å². The normalized spacial score (nSPS) is 10.4. The van der Waals surface area contributed by atoms with E-state index < -0.39 is 11.9 Å². The molecule has 0 heterocycles. The number of carboxylic acids is 2. The molecule has 30 heavy (non-hydrogen) atoms. The number of rotatable bonds is 10. The van der Waals surface area contributed by atoms with Gasteiger partial charge in [0.2, 0.25) is 0 Å². The van der Waals surface area contributed by atoms with E-state index in [0.29, 0.717) is 18.8 Å². The van der Waals surface area contributed by atoms with Crippen molar-refractivity contribution in [2.45, 2.75) is 13.5 Å². The maximum absolute atomic E-state index is 9.55. The Balaban J connectivity index is 0.000000479. The van der Waals surface area contributed by atoms with Gasteiger partial charge in [0.1, 0.15) is 5.75 Å². The Hall–Kier alpha value is -3.32. The number of anilines is 1. The van der Waals surface area contributed by atoms with Crippen molar-refractivity contribution in [1.82, 2.24) is 4.90 Å². The second-order valence-electron chi connectivity index (χ2n) is 6.65. The van der Waals surface area contributed by atoms with Crippen LogP contribution in [0.2, 0.25) is 0 Å². The van der Waals surface area contributed by atoms with Gasteiger partial charge >= 0.3 is 11.9 Å². The molecule has 0 saturated heterocycles. The fourth-order valence-corrected chi connectivity index (χ4v) is 2.49. The molecule has 0 aliphatic heterocycles. The Morgan fingerprint density at radius 3 is 1.93 bits per heavy atom. The second kappa shape index (κ2) is 13.8. The smallest absolute Gasteiger partial charge is 0.328 e. The summed E-state index contributed by atoms with van der Waals surface area (Å²) in [6.07, 6.45) is 1.12. The van der Waals surface area contributed by atoms with E-state index >= 15 is 0 Å². The number of aliphatic carboxylic acids is 2. The van der Waals surface area contributed by atoms with Crippen LogP contribution in [-0.2, 0) is 16.1 Å². The number of hydrogen-bond donors (Lipinski definition) is 2. The zero-order chi connectivity index (χ0) is 22.4. The zero-order valence-corrected chi connectivity index (χ0v) is 17.7. The predicted molar refractivity (Wildman–Crippen MR) is 118 cm³/mol. The Bertz CT molecular complexity index is 773. The van der Waals surface area contributed by atoms with Gasteiger partial charge in [-0.2, -0.15) is 0 Å². The van der Waals surface area contributed by atoms with Crippen LogP contribution in [0.4, 0.5) is 5.69 Å². The lowest BCUT2D eigenvalue weighted by atomic mass is 10.2. The third-order valence-corrected chi connectivity index (χ3v) is 3.91. The number of likely N-dealkylation sites (N-methyl/N-ethyl adjacent to an activating group) is 1. The van der Waals surface area contributed by atoms with Crippen LogP contribution in [0.25, 0.3) is 0 Å². The van der Waals surface area contributed by atoms with E-state index in [9.17, 15) is 9.59 Å². The summed E-state index contributed by atoms with van der Waals surface area (Å²) in [6.45, 7) is 5.65. The van der Waals surface area contributed by atoms with Crippen molar-refractivity contribution < 1.29 is 24.5 Å². The highest BCUT2D eigenvalue weighted by atomic mass is 16.5. The average Bonchev–Trinajstić information content (AvgIpc) is 2.71. The lowest BCUT2D eigenvalue weighted by molar-refractivity contribution is -0.134.